The van der Waals surface area contributed by atoms with Gasteiger partial charge in [-0.3, -0.25) is 4.57 Å². The lowest BCUT2D eigenvalue weighted by Gasteiger charge is -1.81. The van der Waals surface area contributed by atoms with Crippen molar-refractivity contribution in [1.82, 2.24) is 0 Å². The van der Waals surface area contributed by atoms with Gasteiger partial charge in [-0.1, -0.05) is 0 Å². The van der Waals surface area contributed by atoms with Gasteiger partial charge in [-0.25, -0.2) is 0 Å². The van der Waals surface area contributed by atoms with E-state index in [2.05, 4.69) is 0 Å². The van der Waals surface area contributed by atoms with E-state index in [-0.39, 0.29) is 12.6 Å². The maximum atomic E-state index is 9.78. The largest absolute Gasteiger partial charge is 0.346 e. The average Bonchev–Trinajstić information content (AvgIpc) is 1.61. The first-order valence-corrected chi connectivity index (χ1v) is 3.49. The van der Waals surface area contributed by atoms with Crippen LogP contribution in [0.2, 0.25) is 0 Å². The Balaban J connectivity index is 2.97. The predicted octanol–water partition coefficient (Wildman–Crippen LogP) is 0.0424. The highest BCUT2D eigenvalue weighted by Crippen LogP contribution is 2.11. The molecule has 0 radical (unpaired) electrons. The van der Waals surface area contributed by atoms with Crippen LogP contribution in [0.3, 0.4) is 0 Å². The van der Waals surface area contributed by atoms with Crippen LogP contribution in [0.5, 0.6) is 0 Å². The van der Waals surface area contributed by atoms with Gasteiger partial charge in [0.15, 0.2) is 8.03 Å². The van der Waals surface area contributed by atoms with Gasteiger partial charge in [0.2, 0.25) is 0 Å². The van der Waals surface area contributed by atoms with Gasteiger partial charge in [-0.15, -0.1) is 0 Å². The van der Waals surface area contributed by atoms with Gasteiger partial charge >= 0.3 is 0 Å². The quantitative estimate of drug-likeness (QED) is 0.424. The molecule has 0 aromatic carbocycles. The van der Waals surface area contributed by atoms with Gasteiger partial charge < -0.3 is 9.69 Å². The van der Waals surface area contributed by atoms with Crippen molar-refractivity contribution < 1.29 is 14.3 Å². The normalized spacial score (nSPS) is 13.3. The van der Waals surface area contributed by atoms with Crippen LogP contribution in [0.25, 0.3) is 0 Å². The summed E-state index contributed by atoms with van der Waals surface area (Å²) in [6, 6.07) is 0. The molecule has 1 unspecified atom stereocenters. The molecule has 4 heteroatoms. The Hall–Kier alpha value is -0.140. The van der Waals surface area contributed by atoms with Gasteiger partial charge in [-0.2, -0.15) is 0 Å². The SMILES string of the molecule is O=CCC[PH](=O)O. The molecule has 0 saturated carbocycles. The molecule has 0 aromatic heterocycles. The molecule has 3 nitrogen and oxygen atoms in total. The van der Waals surface area contributed by atoms with Gasteiger partial charge in [0.05, 0.1) is 0 Å². The van der Waals surface area contributed by atoms with E-state index in [9.17, 15) is 9.36 Å². The molecular weight excluding hydrogens is 115 g/mol. The van der Waals surface area contributed by atoms with Crippen LogP contribution in [-0.4, -0.2) is 17.3 Å². The fraction of sp³-hybridized carbons (Fsp3) is 0.667. The summed E-state index contributed by atoms with van der Waals surface area (Å²) in [7, 11) is -2.38. The van der Waals surface area contributed by atoms with Crippen LogP contribution < -0.4 is 0 Å². The minimum atomic E-state index is -2.38. The molecule has 0 fully saturated rings. The zero-order valence-electron chi connectivity index (χ0n) is 3.76. The maximum absolute atomic E-state index is 9.78. The van der Waals surface area contributed by atoms with Gasteiger partial charge in [0.1, 0.15) is 6.29 Å². The number of rotatable bonds is 3. The summed E-state index contributed by atoms with van der Waals surface area (Å²) in [4.78, 5) is 17.5. The molecule has 0 aliphatic carbocycles. The zero-order chi connectivity index (χ0) is 5.70. The van der Waals surface area contributed by atoms with Crippen molar-refractivity contribution >= 4 is 14.3 Å². The maximum Gasteiger partial charge on any atom is 0.189 e. The summed E-state index contributed by atoms with van der Waals surface area (Å²) in [5, 5.41) is 0. The smallest absolute Gasteiger partial charge is 0.189 e. The van der Waals surface area contributed by atoms with Crippen LogP contribution in [0.4, 0.5) is 0 Å². The average molecular weight is 122 g/mol. The molecule has 0 spiro atoms. The first kappa shape index (κ1) is 6.86. The molecule has 42 valence electrons. The molecule has 0 saturated heterocycles. The number of hydrogen-bond acceptors (Lipinski definition) is 2. The number of aldehydes is 1. The van der Waals surface area contributed by atoms with Crippen molar-refractivity contribution in [3.8, 4) is 0 Å². The Morgan fingerprint density at radius 2 is 2.29 bits per heavy atom. The van der Waals surface area contributed by atoms with E-state index < -0.39 is 8.03 Å². The highest BCUT2D eigenvalue weighted by molar-refractivity contribution is 7.38. The second kappa shape index (κ2) is 4.03. The Morgan fingerprint density at radius 3 is 2.43 bits per heavy atom. The lowest BCUT2D eigenvalue weighted by Crippen LogP contribution is -1.76. The molecule has 0 aliphatic heterocycles. The summed E-state index contributed by atoms with van der Waals surface area (Å²) < 4.78 is 9.78. The third-order valence-corrected chi connectivity index (χ3v) is 1.19. The van der Waals surface area contributed by atoms with Crippen molar-refractivity contribution in [3.05, 3.63) is 0 Å². The van der Waals surface area contributed by atoms with Crippen LogP contribution in [0, 0.1) is 0 Å². The second-order valence-corrected chi connectivity index (χ2v) is 2.39. The monoisotopic (exact) mass is 122 g/mol. The highest BCUT2D eigenvalue weighted by Gasteiger charge is 1.87. The lowest BCUT2D eigenvalue weighted by molar-refractivity contribution is -0.107. The van der Waals surface area contributed by atoms with E-state index in [0.29, 0.717) is 6.29 Å². The molecule has 0 amide bonds. The highest BCUT2D eigenvalue weighted by atomic mass is 31.1. The Morgan fingerprint density at radius 1 is 1.71 bits per heavy atom. The van der Waals surface area contributed by atoms with Crippen LogP contribution in [-0.2, 0) is 9.36 Å². The Bertz CT molecular complexity index is 80.2. The topological polar surface area (TPSA) is 54.4 Å². The molecule has 0 rings (SSSR count). The van der Waals surface area contributed by atoms with E-state index >= 15 is 0 Å². The Labute approximate surface area is 42.2 Å². The van der Waals surface area contributed by atoms with Gasteiger partial charge in [0.25, 0.3) is 0 Å². The number of carbonyl (C=O) groups excluding carboxylic acids is 1. The standard InChI is InChI=1S/C3H7O3P/c4-2-1-3-7(5)6/h2,7H,1,3H2,(H,5,6). The van der Waals surface area contributed by atoms with Crippen LogP contribution >= 0.6 is 8.03 Å². The van der Waals surface area contributed by atoms with Crippen molar-refractivity contribution in [2.75, 3.05) is 6.16 Å². The summed E-state index contributed by atoms with van der Waals surface area (Å²) in [5.41, 5.74) is 0. The van der Waals surface area contributed by atoms with E-state index in [4.69, 9.17) is 4.89 Å². The summed E-state index contributed by atoms with van der Waals surface area (Å²) in [6.45, 7) is 0. The van der Waals surface area contributed by atoms with Gasteiger partial charge in [0, 0.05) is 12.6 Å². The van der Waals surface area contributed by atoms with Crippen LogP contribution in [0.15, 0.2) is 0 Å². The predicted molar refractivity (Wildman–Crippen MR) is 26.8 cm³/mol. The molecule has 1 atom stereocenters. The molecule has 7 heavy (non-hydrogen) atoms. The third kappa shape index (κ3) is 5.86. The molecule has 0 heterocycles. The molecular formula is C3H7O3P. The summed E-state index contributed by atoms with van der Waals surface area (Å²) >= 11 is 0. The minimum absolute atomic E-state index is 0.133. The first-order valence-electron chi connectivity index (χ1n) is 1.93. The van der Waals surface area contributed by atoms with E-state index in [1.54, 1.807) is 0 Å². The van der Waals surface area contributed by atoms with Crippen molar-refractivity contribution in [1.29, 1.82) is 0 Å². The van der Waals surface area contributed by atoms with Crippen molar-refractivity contribution in [2.45, 2.75) is 6.42 Å². The van der Waals surface area contributed by atoms with Gasteiger partial charge in [-0.05, 0) is 0 Å². The molecule has 1 N–H and O–H groups in total. The molecule has 0 bridgehead atoms. The molecule has 0 aromatic rings. The van der Waals surface area contributed by atoms with E-state index in [1.165, 1.54) is 0 Å². The first-order chi connectivity index (χ1) is 3.27. The zero-order valence-corrected chi connectivity index (χ0v) is 4.76. The third-order valence-electron chi connectivity index (χ3n) is 0.476. The fourth-order valence-corrected chi connectivity index (χ4v) is 0.547. The minimum Gasteiger partial charge on any atom is -0.346 e. The Kier molecular flexibility index (Phi) is 3.95. The van der Waals surface area contributed by atoms with Crippen molar-refractivity contribution in [2.24, 2.45) is 0 Å². The lowest BCUT2D eigenvalue weighted by atomic mass is 10.6. The van der Waals surface area contributed by atoms with Crippen LogP contribution in [0.1, 0.15) is 6.42 Å². The number of carbonyl (C=O) groups is 1. The van der Waals surface area contributed by atoms with E-state index in [1.807, 2.05) is 0 Å². The summed E-state index contributed by atoms with van der Waals surface area (Å²) in [5.74, 6) is 0. The molecule has 0 aliphatic rings. The fourth-order valence-electron chi connectivity index (χ4n) is 0.182. The van der Waals surface area contributed by atoms with Crippen molar-refractivity contribution in [3.63, 3.8) is 0 Å². The second-order valence-electron chi connectivity index (χ2n) is 1.10. The van der Waals surface area contributed by atoms with E-state index in [0.717, 1.165) is 0 Å². The number of hydrogen-bond donors (Lipinski definition) is 1. The summed E-state index contributed by atoms with van der Waals surface area (Å²) in [6.07, 6.45) is 0.973.